The number of hydrogen-bond donors (Lipinski definition) is 3. The van der Waals surface area contributed by atoms with E-state index in [-0.39, 0.29) is 23.9 Å². The number of imidazole rings is 1. The van der Waals surface area contributed by atoms with E-state index in [2.05, 4.69) is 28.9 Å². The lowest BCUT2D eigenvalue weighted by atomic mass is 9.90. The Morgan fingerprint density at radius 3 is 2.54 bits per heavy atom. The number of rotatable bonds is 9. The molecule has 8 nitrogen and oxygen atoms in total. The summed E-state index contributed by atoms with van der Waals surface area (Å²) in [5, 5.41) is 2.85. The minimum Gasteiger partial charge on any atom is -0.350 e. The number of carbonyl (C=O) groups is 1. The van der Waals surface area contributed by atoms with Crippen molar-refractivity contribution in [2.24, 2.45) is 18.7 Å². The molecule has 1 atom stereocenters. The number of sulfonamides is 1. The molecule has 0 aliphatic heterocycles. The van der Waals surface area contributed by atoms with Crippen LogP contribution in [0, 0.1) is 12.8 Å². The molecule has 0 aliphatic carbocycles. The van der Waals surface area contributed by atoms with Gasteiger partial charge in [0.1, 0.15) is 5.82 Å². The molecular formula is C15H29N5O3S. The molecule has 0 spiro atoms. The normalized spacial score (nSPS) is 14.6. The van der Waals surface area contributed by atoms with Crippen molar-refractivity contribution < 1.29 is 13.2 Å². The summed E-state index contributed by atoms with van der Waals surface area (Å²) in [6, 6.07) is 0. The molecule has 0 saturated carbocycles. The van der Waals surface area contributed by atoms with Gasteiger partial charge in [0.15, 0.2) is 5.03 Å². The standard InChI is InChI=1S/C15H29N5O3S/c1-11(2)8-15(4,10-16)19-13(21)6-7-17-24(22,23)14-9-20(5)12(3)18-14/h9,11,17H,6-8,10,16H2,1-5H3,(H,19,21). The van der Waals surface area contributed by atoms with E-state index in [0.29, 0.717) is 18.3 Å². The molecule has 1 aromatic heterocycles. The minimum atomic E-state index is -3.71. The molecule has 4 N–H and O–H groups in total. The molecule has 1 unspecified atom stereocenters. The van der Waals surface area contributed by atoms with E-state index in [9.17, 15) is 13.2 Å². The Bertz CT molecular complexity index is 649. The van der Waals surface area contributed by atoms with Crippen molar-refractivity contribution >= 4 is 15.9 Å². The topological polar surface area (TPSA) is 119 Å². The summed E-state index contributed by atoms with van der Waals surface area (Å²) in [7, 11) is -1.99. The van der Waals surface area contributed by atoms with Crippen molar-refractivity contribution in [1.29, 1.82) is 0 Å². The summed E-state index contributed by atoms with van der Waals surface area (Å²) >= 11 is 0. The van der Waals surface area contributed by atoms with Crippen LogP contribution < -0.4 is 15.8 Å². The Morgan fingerprint density at radius 1 is 1.46 bits per heavy atom. The third-order valence-corrected chi connectivity index (χ3v) is 5.09. The lowest BCUT2D eigenvalue weighted by Gasteiger charge is -2.31. The molecule has 0 radical (unpaired) electrons. The molecule has 138 valence electrons. The van der Waals surface area contributed by atoms with Gasteiger partial charge in [-0.25, -0.2) is 18.1 Å². The molecule has 0 bridgehead atoms. The first kappa shape index (κ1) is 20.6. The third-order valence-electron chi connectivity index (χ3n) is 3.76. The van der Waals surface area contributed by atoms with Gasteiger partial charge in [0, 0.05) is 38.3 Å². The van der Waals surface area contributed by atoms with E-state index in [1.165, 1.54) is 6.20 Å². The zero-order chi connectivity index (χ0) is 18.5. The fourth-order valence-corrected chi connectivity index (χ4v) is 3.58. The molecular weight excluding hydrogens is 330 g/mol. The van der Waals surface area contributed by atoms with E-state index >= 15 is 0 Å². The van der Waals surface area contributed by atoms with Crippen LogP contribution in [0.25, 0.3) is 0 Å². The van der Waals surface area contributed by atoms with Crippen molar-refractivity contribution in [2.75, 3.05) is 13.1 Å². The van der Waals surface area contributed by atoms with Crippen LogP contribution in [0.15, 0.2) is 11.2 Å². The van der Waals surface area contributed by atoms with Crippen molar-refractivity contribution in [3.63, 3.8) is 0 Å². The van der Waals surface area contributed by atoms with Crippen molar-refractivity contribution in [1.82, 2.24) is 19.6 Å². The van der Waals surface area contributed by atoms with Gasteiger partial charge in [-0.15, -0.1) is 0 Å². The summed E-state index contributed by atoms with van der Waals surface area (Å²) in [6.07, 6.45) is 2.23. The van der Waals surface area contributed by atoms with Crippen LogP contribution in [-0.2, 0) is 21.9 Å². The monoisotopic (exact) mass is 359 g/mol. The number of nitrogens with one attached hydrogen (secondary N) is 2. The second kappa shape index (κ2) is 8.09. The number of aryl methyl sites for hydroxylation is 2. The van der Waals surface area contributed by atoms with Gasteiger partial charge in [0.05, 0.1) is 0 Å². The molecule has 0 saturated heterocycles. The van der Waals surface area contributed by atoms with E-state index in [1.807, 2.05) is 6.92 Å². The van der Waals surface area contributed by atoms with Gasteiger partial charge < -0.3 is 15.6 Å². The maximum atomic E-state index is 12.1. The van der Waals surface area contributed by atoms with Crippen molar-refractivity contribution in [3.05, 3.63) is 12.0 Å². The van der Waals surface area contributed by atoms with Gasteiger partial charge in [-0.2, -0.15) is 0 Å². The van der Waals surface area contributed by atoms with E-state index < -0.39 is 15.6 Å². The molecule has 24 heavy (non-hydrogen) atoms. The average molecular weight is 359 g/mol. The van der Waals surface area contributed by atoms with E-state index in [4.69, 9.17) is 5.73 Å². The van der Waals surface area contributed by atoms with Crippen molar-refractivity contribution in [3.8, 4) is 0 Å². The summed E-state index contributed by atoms with van der Waals surface area (Å²) < 4.78 is 28.3. The third kappa shape index (κ3) is 5.88. The first-order valence-electron chi connectivity index (χ1n) is 8.00. The Balaban J connectivity index is 2.55. The molecule has 1 rings (SSSR count). The first-order chi connectivity index (χ1) is 11.0. The number of nitrogens with two attached hydrogens (primary N) is 1. The lowest BCUT2D eigenvalue weighted by molar-refractivity contribution is -0.122. The average Bonchev–Trinajstić information content (AvgIpc) is 2.78. The molecule has 1 aromatic rings. The second-order valence-electron chi connectivity index (χ2n) is 6.80. The highest BCUT2D eigenvalue weighted by Gasteiger charge is 2.26. The fraction of sp³-hybridized carbons (Fsp3) is 0.733. The van der Waals surface area contributed by atoms with Gasteiger partial charge >= 0.3 is 0 Å². The first-order valence-corrected chi connectivity index (χ1v) is 9.48. The molecule has 0 aliphatic rings. The number of hydrogen-bond acceptors (Lipinski definition) is 5. The van der Waals surface area contributed by atoms with Gasteiger partial charge in [0.25, 0.3) is 10.0 Å². The van der Waals surface area contributed by atoms with Crippen LogP contribution in [-0.4, -0.2) is 42.5 Å². The summed E-state index contributed by atoms with van der Waals surface area (Å²) in [5.41, 5.74) is 5.27. The number of nitrogens with zero attached hydrogens (tertiary/aromatic N) is 2. The highest BCUT2D eigenvalue weighted by atomic mass is 32.2. The summed E-state index contributed by atoms with van der Waals surface area (Å²) in [5.74, 6) is 0.758. The Hall–Kier alpha value is -1.45. The Kier molecular flexibility index (Phi) is 6.94. The number of amides is 1. The van der Waals surface area contributed by atoms with Crippen LogP contribution in [0.2, 0.25) is 0 Å². The van der Waals surface area contributed by atoms with Gasteiger partial charge in [-0.05, 0) is 26.2 Å². The Morgan fingerprint density at radius 2 is 2.08 bits per heavy atom. The zero-order valence-electron chi connectivity index (χ0n) is 15.1. The van der Waals surface area contributed by atoms with E-state index in [0.717, 1.165) is 6.42 Å². The maximum absolute atomic E-state index is 12.1. The predicted octanol–water partition coefficient (Wildman–Crippen LogP) is 0.277. The summed E-state index contributed by atoms with van der Waals surface area (Å²) in [4.78, 5) is 16.0. The highest BCUT2D eigenvalue weighted by Crippen LogP contribution is 2.15. The molecule has 1 heterocycles. The van der Waals surface area contributed by atoms with Gasteiger partial charge in [-0.1, -0.05) is 13.8 Å². The molecule has 0 fully saturated rings. The zero-order valence-corrected chi connectivity index (χ0v) is 15.9. The lowest BCUT2D eigenvalue weighted by Crippen LogP contribution is -2.52. The molecule has 1 amide bonds. The number of carbonyl (C=O) groups excluding carboxylic acids is 1. The SMILES string of the molecule is Cc1nc(S(=O)(=O)NCCC(=O)NC(C)(CN)CC(C)C)cn1C. The van der Waals surface area contributed by atoms with Crippen LogP contribution in [0.1, 0.15) is 39.4 Å². The fourth-order valence-electron chi connectivity index (χ4n) is 2.51. The number of aromatic nitrogens is 2. The van der Waals surface area contributed by atoms with Crippen molar-refractivity contribution in [2.45, 2.75) is 51.1 Å². The van der Waals surface area contributed by atoms with E-state index in [1.54, 1.807) is 18.5 Å². The quantitative estimate of drug-likeness (QED) is 0.585. The smallest absolute Gasteiger partial charge is 0.259 e. The van der Waals surface area contributed by atoms with Gasteiger partial charge in [0.2, 0.25) is 5.91 Å². The van der Waals surface area contributed by atoms with Crippen LogP contribution in [0.3, 0.4) is 0 Å². The highest BCUT2D eigenvalue weighted by molar-refractivity contribution is 7.89. The minimum absolute atomic E-state index is 0.00607. The van der Waals surface area contributed by atoms with Crippen LogP contribution in [0.4, 0.5) is 0 Å². The van der Waals surface area contributed by atoms with Gasteiger partial charge in [-0.3, -0.25) is 4.79 Å². The predicted molar refractivity (Wildman–Crippen MR) is 92.8 cm³/mol. The summed E-state index contributed by atoms with van der Waals surface area (Å²) in [6.45, 7) is 8.06. The molecule has 0 aromatic carbocycles. The Labute approximate surface area is 144 Å². The molecule has 9 heteroatoms. The maximum Gasteiger partial charge on any atom is 0.259 e. The van der Waals surface area contributed by atoms with Crippen LogP contribution >= 0.6 is 0 Å². The largest absolute Gasteiger partial charge is 0.350 e. The van der Waals surface area contributed by atoms with Crippen LogP contribution in [0.5, 0.6) is 0 Å². The second-order valence-corrected chi connectivity index (χ2v) is 8.51.